The van der Waals surface area contributed by atoms with Crippen LogP contribution in [0.5, 0.6) is 0 Å². The Bertz CT molecular complexity index is 1580. The van der Waals surface area contributed by atoms with E-state index in [1.54, 1.807) is 7.11 Å². The molecule has 0 unspecified atom stereocenters. The number of carbonyl (C=O) groups is 4. The second-order valence-corrected chi connectivity index (χ2v) is 15.9. The van der Waals surface area contributed by atoms with Crippen molar-refractivity contribution in [1.29, 1.82) is 0 Å². The summed E-state index contributed by atoms with van der Waals surface area (Å²) in [5, 5.41) is 37.2. The second-order valence-electron chi connectivity index (χ2n) is 15.9. The maximum absolute atomic E-state index is 13.6. The molecular formula is C39H61N5O14. The number of rotatable bonds is 17. The second kappa shape index (κ2) is 20.0. The number of aliphatic imine (C=N–C) groups is 1. The van der Waals surface area contributed by atoms with Crippen molar-refractivity contribution in [3.8, 4) is 0 Å². The van der Waals surface area contributed by atoms with Crippen LogP contribution in [0.2, 0.25) is 0 Å². The van der Waals surface area contributed by atoms with E-state index in [2.05, 4.69) is 22.2 Å². The number of nitrogens with zero attached hydrogens (tertiary/aromatic N) is 1. The van der Waals surface area contributed by atoms with Gasteiger partial charge >= 0.3 is 5.97 Å². The van der Waals surface area contributed by atoms with Gasteiger partial charge in [0.15, 0.2) is 18.3 Å². The van der Waals surface area contributed by atoms with Gasteiger partial charge in [-0.05, 0) is 38.7 Å². The molecule has 0 aromatic heterocycles. The lowest BCUT2D eigenvalue weighted by atomic mass is 9.72. The highest BCUT2D eigenvalue weighted by molar-refractivity contribution is 5.96. The highest BCUT2D eigenvalue weighted by atomic mass is 16.7. The van der Waals surface area contributed by atoms with Crippen molar-refractivity contribution in [3.05, 3.63) is 36.5 Å². The number of methoxy groups -OCH3 is 2. The van der Waals surface area contributed by atoms with Gasteiger partial charge in [0.2, 0.25) is 23.3 Å². The third-order valence-corrected chi connectivity index (χ3v) is 11.5. The molecule has 2 amide bonds. The van der Waals surface area contributed by atoms with Crippen molar-refractivity contribution in [2.45, 2.75) is 139 Å². The number of carboxylic acid groups (broad SMARTS) is 1. The Morgan fingerprint density at radius 2 is 1.79 bits per heavy atom. The quantitative estimate of drug-likeness (QED) is 0.0259. The van der Waals surface area contributed by atoms with Crippen LogP contribution in [0.4, 0.5) is 0 Å². The van der Waals surface area contributed by atoms with Gasteiger partial charge in [0, 0.05) is 57.4 Å². The van der Waals surface area contributed by atoms with E-state index < -0.39 is 89.4 Å². The highest BCUT2D eigenvalue weighted by Crippen LogP contribution is 2.45. The zero-order valence-corrected chi connectivity index (χ0v) is 34.1. The molecule has 9 N–H and O–H groups in total. The van der Waals surface area contributed by atoms with Gasteiger partial charge in [-0.3, -0.25) is 19.4 Å². The van der Waals surface area contributed by atoms with Gasteiger partial charge < -0.3 is 70.6 Å². The van der Waals surface area contributed by atoms with E-state index >= 15 is 0 Å². The smallest absolute Gasteiger partial charge is 0.326 e. The minimum Gasteiger partial charge on any atom is -0.480 e. The first-order valence-electron chi connectivity index (χ1n) is 19.5. The number of nitrogens with one attached hydrogen (secondary N) is 2. The molecule has 0 aromatic rings. The van der Waals surface area contributed by atoms with E-state index in [1.165, 1.54) is 19.3 Å². The fourth-order valence-electron chi connectivity index (χ4n) is 7.88. The Hall–Kier alpha value is -3.79. The van der Waals surface area contributed by atoms with E-state index in [1.807, 2.05) is 27.7 Å². The minimum absolute atomic E-state index is 0.0107. The number of carboxylic acids is 1. The van der Waals surface area contributed by atoms with Crippen LogP contribution in [0.25, 0.3) is 0 Å². The van der Waals surface area contributed by atoms with Gasteiger partial charge in [-0.15, -0.1) is 0 Å². The first kappa shape index (κ1) is 46.9. The zero-order valence-electron chi connectivity index (χ0n) is 34.1. The van der Waals surface area contributed by atoms with Crippen molar-refractivity contribution in [3.63, 3.8) is 0 Å². The number of aliphatic carboxylic acids is 1. The van der Waals surface area contributed by atoms with Crippen molar-refractivity contribution in [2.24, 2.45) is 27.8 Å². The van der Waals surface area contributed by atoms with Crippen LogP contribution in [0, 0.1) is 11.3 Å². The Balaban J connectivity index is 1.40. The Kier molecular flexibility index (Phi) is 16.2. The van der Waals surface area contributed by atoms with Gasteiger partial charge in [0.25, 0.3) is 5.91 Å². The first-order chi connectivity index (χ1) is 27.3. The van der Waals surface area contributed by atoms with E-state index in [-0.39, 0.29) is 57.0 Å². The topological polar surface area (TPSA) is 282 Å². The molecule has 0 bridgehead atoms. The number of amides is 2. The lowest BCUT2D eigenvalue weighted by molar-refractivity contribution is -0.335. The van der Waals surface area contributed by atoms with Crippen LogP contribution >= 0.6 is 0 Å². The van der Waals surface area contributed by atoms with Gasteiger partial charge in [-0.25, -0.2) is 4.79 Å². The summed E-state index contributed by atoms with van der Waals surface area (Å²) >= 11 is 0. The molecule has 4 saturated heterocycles. The molecule has 58 heavy (non-hydrogen) atoms. The minimum atomic E-state index is -2.16. The van der Waals surface area contributed by atoms with Gasteiger partial charge in [-0.2, -0.15) is 0 Å². The lowest BCUT2D eigenvalue weighted by Gasteiger charge is -2.55. The van der Waals surface area contributed by atoms with Crippen LogP contribution in [-0.4, -0.2) is 139 Å². The Morgan fingerprint density at radius 1 is 1.09 bits per heavy atom. The molecule has 4 fully saturated rings. The number of carbonyl (C=O) groups excluding carboxylic acids is 3. The number of hydrogen-bond acceptors (Lipinski definition) is 14. The molecular weight excluding hydrogens is 762 g/mol. The summed E-state index contributed by atoms with van der Waals surface area (Å²) < 4.78 is 42.1. The van der Waals surface area contributed by atoms with Gasteiger partial charge in [-0.1, -0.05) is 45.1 Å². The fraction of sp³-hybridized carbons (Fsp3) is 0.718. The van der Waals surface area contributed by atoms with Crippen molar-refractivity contribution < 1.29 is 67.7 Å². The van der Waals surface area contributed by atoms with E-state index in [0.717, 1.165) is 17.7 Å². The van der Waals surface area contributed by atoms with Crippen LogP contribution < -0.4 is 22.1 Å². The summed E-state index contributed by atoms with van der Waals surface area (Å²) in [7, 11) is 2.90. The summed E-state index contributed by atoms with van der Waals surface area (Å²) in [5.41, 5.74) is 10.6. The number of fused-ring (bicyclic) bond motifs is 1. The van der Waals surface area contributed by atoms with Crippen LogP contribution in [0.15, 0.2) is 41.4 Å². The summed E-state index contributed by atoms with van der Waals surface area (Å²) in [6.45, 7) is 11.7. The van der Waals surface area contributed by atoms with E-state index in [4.69, 9.17) is 44.6 Å². The number of hydrogen-bond donors (Lipinski definition) is 7. The molecule has 19 nitrogen and oxygen atoms in total. The average molecular weight is 824 g/mol. The number of aliphatic hydroxyl groups excluding tert-OH is 1. The Labute approximate surface area is 338 Å². The zero-order chi connectivity index (χ0) is 43.0. The molecule has 4 aliphatic heterocycles. The number of ketones is 1. The molecule has 4 aliphatic rings. The third kappa shape index (κ3) is 11.1. The van der Waals surface area contributed by atoms with Crippen LogP contribution in [-0.2, 0) is 52.3 Å². The summed E-state index contributed by atoms with van der Waals surface area (Å²) in [4.78, 5) is 54.5. The van der Waals surface area contributed by atoms with Crippen molar-refractivity contribution in [2.75, 3.05) is 27.6 Å². The summed E-state index contributed by atoms with van der Waals surface area (Å²) in [6.07, 6.45) is -0.305. The first-order valence-corrected chi connectivity index (χ1v) is 19.5. The molecule has 326 valence electrons. The average Bonchev–Trinajstić information content (AvgIpc) is 3.16. The lowest BCUT2D eigenvalue weighted by Crippen LogP contribution is -2.69. The fourth-order valence-corrected chi connectivity index (χ4v) is 7.88. The van der Waals surface area contributed by atoms with E-state index in [9.17, 15) is 34.5 Å². The number of ether oxygens (including phenoxy) is 7. The van der Waals surface area contributed by atoms with Crippen LogP contribution in [0.3, 0.4) is 0 Å². The molecule has 12 atom stereocenters. The monoisotopic (exact) mass is 823 g/mol. The number of guanidine groups is 1. The molecule has 0 spiro atoms. The highest BCUT2D eigenvalue weighted by Gasteiger charge is 2.58. The maximum atomic E-state index is 13.6. The molecule has 0 aliphatic carbocycles. The third-order valence-electron chi connectivity index (χ3n) is 11.5. The standard InChI is InChI=1S/C39H61N5O14/c1-21-19-39(53-7,57-23(3)22(21)2)31(47)33(48)44-34-30-29(54-20-55-34)32(52-6)37(4,5)27(56-30)18-24-12-10-16-38(51,58-24)26(45)14-8-9-15-28(46)43-25(35(49)50)13-11-17-42-36(40)41/h8-9,14-15,22-25,27,29-32,34,47,51H,1,10-13,16-20H2,2-7H3,(H,43,46)(H,44,48)(H,49,50)(H4,40,41,42)/b14-8+,15-9+/t22-,23-,24-,25+,27-,29+,30+,31-,32-,34+,38+,39-/m1/s1. The number of allylic oxidation sites excluding steroid dienone is 2. The normalized spacial score (nSPS) is 34.8. The molecule has 19 heteroatoms. The van der Waals surface area contributed by atoms with Crippen molar-refractivity contribution in [1.82, 2.24) is 10.6 Å². The molecule has 0 aromatic carbocycles. The van der Waals surface area contributed by atoms with Gasteiger partial charge in [0.05, 0.1) is 24.4 Å². The molecule has 0 radical (unpaired) electrons. The maximum Gasteiger partial charge on any atom is 0.326 e. The predicted molar refractivity (Wildman–Crippen MR) is 206 cm³/mol. The van der Waals surface area contributed by atoms with Crippen LogP contribution in [0.1, 0.15) is 72.6 Å². The largest absolute Gasteiger partial charge is 0.480 e. The summed E-state index contributed by atoms with van der Waals surface area (Å²) in [6, 6.07) is -1.18. The van der Waals surface area contributed by atoms with Gasteiger partial charge in [0.1, 0.15) is 25.0 Å². The number of nitrogens with two attached hydrogens (primary N) is 2. The molecule has 4 rings (SSSR count). The SMILES string of the molecule is C=C1C[C@](OC)([C@H](O)C(=O)N[C@H]2OCO[C@H]3[C@@H]2O[C@H](C[C@H]2CCC[C@@](O)(C(=O)/C=C/C=C/C(=O)N[C@@H](CCCN=C(N)N)C(=O)O)O2)C(C)(C)[C@@H]3OC)O[C@H](C)[C@@H]1C. The molecule has 4 heterocycles. The Morgan fingerprint density at radius 3 is 2.43 bits per heavy atom. The predicted octanol–water partition coefficient (Wildman–Crippen LogP) is 0.267. The number of aliphatic hydroxyl groups is 2. The van der Waals surface area contributed by atoms with E-state index in [0.29, 0.717) is 19.3 Å². The summed E-state index contributed by atoms with van der Waals surface area (Å²) in [5.74, 6) is -7.46. The van der Waals surface area contributed by atoms with Crippen molar-refractivity contribution >= 4 is 29.5 Å². The molecule has 0 saturated carbocycles.